The number of para-hydroxylation sites is 1. The molecule has 1 aromatic heterocycles. The predicted molar refractivity (Wildman–Crippen MR) is 129 cm³/mol. The van der Waals surface area contributed by atoms with Crippen molar-refractivity contribution >= 4 is 33.8 Å². The number of anilines is 1. The van der Waals surface area contributed by atoms with Crippen LogP contribution in [0.25, 0.3) is 22.0 Å². The van der Waals surface area contributed by atoms with Crippen LogP contribution in [-0.4, -0.2) is 43.4 Å². The Bertz CT molecular complexity index is 1320. The number of rotatable bonds is 8. The molecule has 1 atom stereocenters. The number of ether oxygens (including phenoxy) is 1. The van der Waals surface area contributed by atoms with Gasteiger partial charge in [0.1, 0.15) is 5.75 Å². The molecule has 4 aromatic rings. The fraction of sp³-hybridized carbons (Fsp3) is 0.167. The van der Waals surface area contributed by atoms with Crippen LogP contribution in [0.15, 0.2) is 66.9 Å². The quantitative estimate of drug-likeness (QED) is 0.334. The molecule has 0 aliphatic carbocycles. The molecule has 1 amide bonds. The standard InChI is InChI=1S/C24H24N4O4S/c1-3-32-22-13-17(10-11-21(22)16-6-5-9-20(12-16)27-33(30)31)24(29)28(2)15-19-8-4-7-18-14-25-26-23(18)19/h4-14,27H,3,15H2,1-2H3,(H,25,26)(H,30,31). The largest absolute Gasteiger partial charge is 0.493 e. The van der Waals surface area contributed by atoms with Crippen LogP contribution in [0.4, 0.5) is 5.69 Å². The van der Waals surface area contributed by atoms with E-state index in [-0.39, 0.29) is 5.91 Å². The van der Waals surface area contributed by atoms with Crippen molar-refractivity contribution in [2.75, 3.05) is 18.4 Å². The molecule has 3 N–H and O–H groups in total. The highest BCUT2D eigenvalue weighted by atomic mass is 32.2. The zero-order chi connectivity index (χ0) is 23.4. The highest BCUT2D eigenvalue weighted by molar-refractivity contribution is 7.80. The van der Waals surface area contributed by atoms with Crippen LogP contribution in [0.5, 0.6) is 5.75 Å². The Balaban J connectivity index is 1.61. The number of carbonyl (C=O) groups excluding carboxylic acids is 1. The average molecular weight is 465 g/mol. The Morgan fingerprint density at radius 2 is 2.00 bits per heavy atom. The molecular formula is C24H24N4O4S. The van der Waals surface area contributed by atoms with Gasteiger partial charge in [0.25, 0.3) is 17.2 Å². The zero-order valence-corrected chi connectivity index (χ0v) is 19.1. The van der Waals surface area contributed by atoms with Crippen LogP contribution in [0, 0.1) is 0 Å². The summed E-state index contributed by atoms with van der Waals surface area (Å²) in [4.78, 5) is 14.8. The second-order valence-corrected chi connectivity index (χ2v) is 8.19. The Morgan fingerprint density at radius 1 is 1.18 bits per heavy atom. The number of aromatic amines is 1. The third-order valence-electron chi connectivity index (χ3n) is 5.22. The van der Waals surface area contributed by atoms with Gasteiger partial charge in [-0.15, -0.1) is 0 Å². The van der Waals surface area contributed by atoms with Crippen molar-refractivity contribution in [1.29, 1.82) is 0 Å². The second-order valence-electron chi connectivity index (χ2n) is 7.49. The van der Waals surface area contributed by atoms with Crippen molar-refractivity contribution in [2.45, 2.75) is 13.5 Å². The molecule has 0 saturated heterocycles. The minimum absolute atomic E-state index is 0.134. The van der Waals surface area contributed by atoms with Gasteiger partial charge in [0.15, 0.2) is 0 Å². The van der Waals surface area contributed by atoms with E-state index in [0.29, 0.717) is 30.2 Å². The first-order valence-electron chi connectivity index (χ1n) is 10.4. The SMILES string of the molecule is CCOc1cc(C(=O)N(C)Cc2cccc3cn[nH]c23)ccc1-c1cccc(NS(=O)O)c1. The van der Waals surface area contributed by atoms with Crippen molar-refractivity contribution in [2.24, 2.45) is 0 Å². The number of amides is 1. The third kappa shape index (κ3) is 5.05. The van der Waals surface area contributed by atoms with Gasteiger partial charge in [0.05, 0.1) is 18.3 Å². The van der Waals surface area contributed by atoms with Crippen LogP contribution in [0.2, 0.25) is 0 Å². The van der Waals surface area contributed by atoms with Gasteiger partial charge in [0.2, 0.25) is 0 Å². The summed E-state index contributed by atoms with van der Waals surface area (Å²) < 4.78 is 28.5. The van der Waals surface area contributed by atoms with Crippen LogP contribution in [0.3, 0.4) is 0 Å². The molecule has 1 heterocycles. The Hall–Kier alpha value is -3.69. The summed E-state index contributed by atoms with van der Waals surface area (Å²) >= 11 is -2.17. The smallest absolute Gasteiger partial charge is 0.259 e. The van der Waals surface area contributed by atoms with E-state index in [1.54, 1.807) is 48.5 Å². The van der Waals surface area contributed by atoms with E-state index in [9.17, 15) is 9.00 Å². The molecule has 0 spiro atoms. The number of H-pyrrole nitrogens is 1. The fourth-order valence-electron chi connectivity index (χ4n) is 3.73. The first-order valence-corrected chi connectivity index (χ1v) is 11.5. The number of hydrogen-bond acceptors (Lipinski definition) is 4. The number of nitrogens with zero attached hydrogens (tertiary/aromatic N) is 2. The van der Waals surface area contributed by atoms with Crippen LogP contribution in [-0.2, 0) is 17.8 Å². The van der Waals surface area contributed by atoms with E-state index in [0.717, 1.165) is 27.6 Å². The van der Waals surface area contributed by atoms with Gasteiger partial charge in [-0.05, 0) is 48.4 Å². The number of hydrogen-bond donors (Lipinski definition) is 3. The summed E-state index contributed by atoms with van der Waals surface area (Å²) in [6.07, 6.45) is 1.76. The van der Waals surface area contributed by atoms with Gasteiger partial charge >= 0.3 is 0 Å². The van der Waals surface area contributed by atoms with Crippen molar-refractivity contribution in [1.82, 2.24) is 15.1 Å². The Labute approximate surface area is 194 Å². The van der Waals surface area contributed by atoms with Crippen molar-refractivity contribution in [3.8, 4) is 16.9 Å². The molecule has 0 aliphatic heterocycles. The fourth-order valence-corrected chi connectivity index (χ4v) is 4.06. The lowest BCUT2D eigenvalue weighted by molar-refractivity contribution is 0.0785. The predicted octanol–water partition coefficient (Wildman–Crippen LogP) is 4.45. The number of fused-ring (bicyclic) bond motifs is 1. The van der Waals surface area contributed by atoms with E-state index in [1.807, 2.05) is 37.3 Å². The van der Waals surface area contributed by atoms with E-state index in [2.05, 4.69) is 14.9 Å². The van der Waals surface area contributed by atoms with Gasteiger partial charge in [-0.25, -0.2) is 4.21 Å². The first-order chi connectivity index (χ1) is 16.0. The van der Waals surface area contributed by atoms with E-state index >= 15 is 0 Å². The normalized spacial score (nSPS) is 11.8. The van der Waals surface area contributed by atoms with E-state index in [1.165, 1.54) is 0 Å². The Morgan fingerprint density at radius 3 is 2.79 bits per heavy atom. The topological polar surface area (TPSA) is 108 Å². The molecule has 0 fully saturated rings. The van der Waals surface area contributed by atoms with E-state index in [4.69, 9.17) is 9.29 Å². The molecular weight excluding hydrogens is 440 g/mol. The number of carbonyl (C=O) groups is 1. The van der Waals surface area contributed by atoms with Gasteiger partial charge in [-0.3, -0.25) is 19.2 Å². The maximum absolute atomic E-state index is 13.2. The summed E-state index contributed by atoms with van der Waals surface area (Å²) in [5.41, 5.74) is 4.49. The summed E-state index contributed by atoms with van der Waals surface area (Å²) in [6, 6.07) is 18.3. The molecule has 33 heavy (non-hydrogen) atoms. The number of benzene rings is 3. The summed E-state index contributed by atoms with van der Waals surface area (Å²) in [6.45, 7) is 2.74. The third-order valence-corrected chi connectivity index (χ3v) is 5.63. The summed E-state index contributed by atoms with van der Waals surface area (Å²) in [5.74, 6) is 0.430. The zero-order valence-electron chi connectivity index (χ0n) is 18.2. The van der Waals surface area contributed by atoms with Gasteiger partial charge < -0.3 is 9.64 Å². The maximum Gasteiger partial charge on any atom is 0.259 e. The molecule has 0 aliphatic rings. The maximum atomic E-state index is 13.2. The number of nitrogens with one attached hydrogen (secondary N) is 2. The van der Waals surface area contributed by atoms with Crippen molar-refractivity contribution in [3.05, 3.63) is 78.0 Å². The van der Waals surface area contributed by atoms with E-state index < -0.39 is 11.3 Å². The molecule has 0 bridgehead atoms. The number of aromatic nitrogens is 2. The molecule has 4 rings (SSSR count). The molecule has 0 saturated carbocycles. The van der Waals surface area contributed by atoms with Crippen molar-refractivity contribution in [3.63, 3.8) is 0 Å². The lowest BCUT2D eigenvalue weighted by Gasteiger charge is -2.19. The molecule has 9 heteroatoms. The average Bonchev–Trinajstić information content (AvgIpc) is 3.28. The molecule has 170 valence electrons. The minimum Gasteiger partial charge on any atom is -0.493 e. The monoisotopic (exact) mass is 464 g/mol. The second kappa shape index (κ2) is 9.85. The van der Waals surface area contributed by atoms with Gasteiger partial charge in [0, 0.05) is 35.8 Å². The van der Waals surface area contributed by atoms with Crippen LogP contribution in [0.1, 0.15) is 22.8 Å². The Kier molecular flexibility index (Phi) is 6.71. The summed E-state index contributed by atoms with van der Waals surface area (Å²) in [7, 11) is 1.76. The lowest BCUT2D eigenvalue weighted by Crippen LogP contribution is -2.26. The molecule has 8 nitrogen and oxygen atoms in total. The van der Waals surface area contributed by atoms with Gasteiger partial charge in [-0.2, -0.15) is 5.10 Å². The highest BCUT2D eigenvalue weighted by Gasteiger charge is 2.17. The van der Waals surface area contributed by atoms with Crippen molar-refractivity contribution < 1.29 is 18.3 Å². The van der Waals surface area contributed by atoms with Gasteiger partial charge in [-0.1, -0.05) is 30.3 Å². The highest BCUT2D eigenvalue weighted by Crippen LogP contribution is 2.33. The first kappa shape index (κ1) is 22.5. The van der Waals surface area contributed by atoms with Crippen LogP contribution < -0.4 is 9.46 Å². The minimum atomic E-state index is -2.17. The molecule has 3 aromatic carbocycles. The lowest BCUT2D eigenvalue weighted by atomic mass is 10.0. The molecule has 0 radical (unpaired) electrons. The molecule has 1 unspecified atom stereocenters. The van der Waals surface area contributed by atoms with Crippen LogP contribution >= 0.6 is 0 Å². The summed E-state index contributed by atoms with van der Waals surface area (Å²) in [5, 5.41) is 8.07.